The van der Waals surface area contributed by atoms with Gasteiger partial charge in [-0.25, -0.2) is 0 Å². The summed E-state index contributed by atoms with van der Waals surface area (Å²) in [5, 5.41) is 7.09. The van der Waals surface area contributed by atoms with Crippen LogP contribution >= 0.6 is 0 Å². The Kier molecular flexibility index (Phi) is 7.14. The molecule has 0 saturated carbocycles. The van der Waals surface area contributed by atoms with E-state index in [4.69, 9.17) is 4.74 Å². The molecule has 2 saturated heterocycles. The number of para-hydroxylation sites is 1. The van der Waals surface area contributed by atoms with E-state index in [0.717, 1.165) is 64.9 Å². The fourth-order valence-corrected chi connectivity index (χ4v) is 3.70. The molecule has 2 fully saturated rings. The van der Waals surface area contributed by atoms with E-state index in [1.165, 1.54) is 5.69 Å². The maximum absolute atomic E-state index is 5.42. The molecular weight excluding hydrogens is 326 g/mol. The molecule has 2 heterocycles. The van der Waals surface area contributed by atoms with Crippen LogP contribution in [0, 0.1) is 5.92 Å². The summed E-state index contributed by atoms with van der Waals surface area (Å²) >= 11 is 0. The summed E-state index contributed by atoms with van der Waals surface area (Å²) in [7, 11) is 1.85. The Bertz CT molecular complexity index is 559. The molecule has 6 heteroatoms. The van der Waals surface area contributed by atoms with Crippen LogP contribution in [-0.4, -0.2) is 76.4 Å². The summed E-state index contributed by atoms with van der Waals surface area (Å²) < 4.78 is 5.42. The van der Waals surface area contributed by atoms with E-state index in [1.54, 1.807) is 0 Å². The molecule has 1 aromatic carbocycles. The number of morpholine rings is 1. The van der Waals surface area contributed by atoms with Crippen molar-refractivity contribution in [2.24, 2.45) is 10.9 Å². The normalized spacial score (nSPS) is 23.1. The van der Waals surface area contributed by atoms with Crippen LogP contribution in [0.5, 0.6) is 0 Å². The lowest BCUT2D eigenvalue weighted by atomic mass is 10.1. The van der Waals surface area contributed by atoms with Crippen molar-refractivity contribution in [3.05, 3.63) is 30.3 Å². The molecule has 0 bridgehead atoms. The molecule has 0 radical (unpaired) electrons. The fourth-order valence-electron chi connectivity index (χ4n) is 3.70. The fraction of sp³-hybridized carbons (Fsp3) is 0.650. The topological polar surface area (TPSA) is 52.1 Å². The highest BCUT2D eigenvalue weighted by Crippen LogP contribution is 2.19. The van der Waals surface area contributed by atoms with E-state index in [9.17, 15) is 0 Å². The molecule has 0 spiro atoms. The van der Waals surface area contributed by atoms with E-state index in [1.807, 2.05) is 7.05 Å². The summed E-state index contributed by atoms with van der Waals surface area (Å²) in [5.74, 6) is 1.50. The standard InChI is InChI=1S/C20H33N5O/c1-17(15-24-10-12-26-13-11-24)14-22-20(21-2)23-18-8-9-25(16-18)19-6-4-3-5-7-19/h3-7,17-18H,8-16H2,1-2H3,(H2,21,22,23). The lowest BCUT2D eigenvalue weighted by molar-refractivity contribution is 0.0320. The van der Waals surface area contributed by atoms with Crippen LogP contribution in [0.1, 0.15) is 13.3 Å². The number of aliphatic imine (C=N–C) groups is 1. The maximum atomic E-state index is 5.42. The summed E-state index contributed by atoms with van der Waals surface area (Å²) in [4.78, 5) is 9.33. The molecule has 2 atom stereocenters. The third-order valence-electron chi connectivity index (χ3n) is 5.17. The average Bonchev–Trinajstić information content (AvgIpc) is 3.15. The third-order valence-corrected chi connectivity index (χ3v) is 5.17. The second kappa shape index (κ2) is 9.78. The van der Waals surface area contributed by atoms with Crippen LogP contribution in [0.4, 0.5) is 5.69 Å². The van der Waals surface area contributed by atoms with Crippen molar-refractivity contribution >= 4 is 11.6 Å². The molecule has 2 aliphatic rings. The van der Waals surface area contributed by atoms with Gasteiger partial charge in [0.2, 0.25) is 0 Å². The van der Waals surface area contributed by atoms with Gasteiger partial charge in [-0.3, -0.25) is 9.89 Å². The number of anilines is 1. The Morgan fingerprint density at radius 3 is 2.73 bits per heavy atom. The monoisotopic (exact) mass is 359 g/mol. The predicted octanol–water partition coefficient (Wildman–Crippen LogP) is 1.40. The first-order chi connectivity index (χ1) is 12.7. The van der Waals surface area contributed by atoms with Crippen LogP contribution < -0.4 is 15.5 Å². The summed E-state index contributed by atoms with van der Waals surface area (Å²) in [6.45, 7) is 10.3. The van der Waals surface area contributed by atoms with Crippen LogP contribution in [0.15, 0.2) is 35.3 Å². The number of hydrogen-bond donors (Lipinski definition) is 2. The highest BCUT2D eigenvalue weighted by Gasteiger charge is 2.23. The first-order valence-corrected chi connectivity index (χ1v) is 9.82. The minimum Gasteiger partial charge on any atom is -0.379 e. The summed E-state index contributed by atoms with van der Waals surface area (Å²) in [5.41, 5.74) is 1.30. The van der Waals surface area contributed by atoms with Crippen molar-refractivity contribution in [1.29, 1.82) is 0 Å². The van der Waals surface area contributed by atoms with E-state index in [-0.39, 0.29) is 0 Å². The first kappa shape index (κ1) is 19.0. The van der Waals surface area contributed by atoms with Gasteiger partial charge in [0, 0.05) is 58.0 Å². The van der Waals surface area contributed by atoms with Crippen molar-refractivity contribution in [3.8, 4) is 0 Å². The summed E-state index contributed by atoms with van der Waals surface area (Å²) in [6, 6.07) is 11.1. The number of nitrogens with zero attached hydrogens (tertiary/aromatic N) is 3. The SMILES string of the molecule is CN=C(NCC(C)CN1CCOCC1)NC1CCN(c2ccccc2)C1. The van der Waals surface area contributed by atoms with E-state index in [0.29, 0.717) is 12.0 Å². The number of nitrogens with one attached hydrogen (secondary N) is 2. The molecule has 2 N–H and O–H groups in total. The number of hydrogen-bond acceptors (Lipinski definition) is 4. The van der Waals surface area contributed by atoms with Gasteiger partial charge >= 0.3 is 0 Å². The largest absolute Gasteiger partial charge is 0.379 e. The third kappa shape index (κ3) is 5.61. The van der Waals surface area contributed by atoms with Gasteiger partial charge in [-0.15, -0.1) is 0 Å². The van der Waals surface area contributed by atoms with Crippen LogP contribution in [-0.2, 0) is 4.74 Å². The predicted molar refractivity (Wildman–Crippen MR) is 108 cm³/mol. The quantitative estimate of drug-likeness (QED) is 0.594. The Balaban J connectivity index is 1.39. The van der Waals surface area contributed by atoms with E-state index in [2.05, 4.69) is 62.7 Å². The molecule has 0 aliphatic carbocycles. The van der Waals surface area contributed by atoms with E-state index < -0.39 is 0 Å². The minimum atomic E-state index is 0.441. The highest BCUT2D eigenvalue weighted by molar-refractivity contribution is 5.80. The van der Waals surface area contributed by atoms with Gasteiger partial charge in [0.15, 0.2) is 5.96 Å². The molecule has 1 aromatic rings. The second-order valence-corrected chi connectivity index (χ2v) is 7.38. The molecule has 26 heavy (non-hydrogen) atoms. The lowest BCUT2D eigenvalue weighted by Crippen LogP contribution is -2.47. The van der Waals surface area contributed by atoms with Gasteiger partial charge in [-0.1, -0.05) is 25.1 Å². The zero-order valence-electron chi connectivity index (χ0n) is 16.2. The van der Waals surface area contributed by atoms with Gasteiger partial charge in [0.1, 0.15) is 0 Å². The molecule has 6 nitrogen and oxygen atoms in total. The average molecular weight is 360 g/mol. The molecule has 2 aliphatic heterocycles. The van der Waals surface area contributed by atoms with E-state index >= 15 is 0 Å². The van der Waals surface area contributed by atoms with Gasteiger partial charge < -0.3 is 20.3 Å². The van der Waals surface area contributed by atoms with Crippen molar-refractivity contribution in [2.75, 3.05) is 64.4 Å². The zero-order chi connectivity index (χ0) is 18.2. The second-order valence-electron chi connectivity index (χ2n) is 7.38. The lowest BCUT2D eigenvalue weighted by Gasteiger charge is -2.29. The Hall–Kier alpha value is -1.79. The van der Waals surface area contributed by atoms with Gasteiger partial charge in [-0.2, -0.15) is 0 Å². The molecule has 144 valence electrons. The Morgan fingerprint density at radius 1 is 1.23 bits per heavy atom. The van der Waals surface area contributed by atoms with Crippen LogP contribution in [0.2, 0.25) is 0 Å². The van der Waals surface area contributed by atoms with Gasteiger partial charge in [0.25, 0.3) is 0 Å². The highest BCUT2D eigenvalue weighted by atomic mass is 16.5. The zero-order valence-corrected chi connectivity index (χ0v) is 16.2. The number of rotatable bonds is 6. The number of benzene rings is 1. The minimum absolute atomic E-state index is 0.441. The van der Waals surface area contributed by atoms with Crippen LogP contribution in [0.25, 0.3) is 0 Å². The Labute approximate surface area is 157 Å². The van der Waals surface area contributed by atoms with Gasteiger partial charge in [0.05, 0.1) is 13.2 Å². The maximum Gasteiger partial charge on any atom is 0.191 e. The number of guanidine groups is 1. The Morgan fingerprint density at radius 2 is 2.00 bits per heavy atom. The van der Waals surface area contributed by atoms with Crippen LogP contribution in [0.3, 0.4) is 0 Å². The molecule has 3 rings (SSSR count). The molecular formula is C20H33N5O. The summed E-state index contributed by atoms with van der Waals surface area (Å²) in [6.07, 6.45) is 1.14. The van der Waals surface area contributed by atoms with Crippen molar-refractivity contribution in [2.45, 2.75) is 19.4 Å². The van der Waals surface area contributed by atoms with Crippen molar-refractivity contribution < 1.29 is 4.74 Å². The van der Waals surface area contributed by atoms with Crippen molar-refractivity contribution in [3.63, 3.8) is 0 Å². The molecule has 0 amide bonds. The smallest absolute Gasteiger partial charge is 0.191 e. The first-order valence-electron chi connectivity index (χ1n) is 9.82. The molecule has 0 aromatic heterocycles. The van der Waals surface area contributed by atoms with Gasteiger partial charge in [-0.05, 0) is 24.5 Å². The molecule has 2 unspecified atom stereocenters. The van der Waals surface area contributed by atoms with Crippen molar-refractivity contribution in [1.82, 2.24) is 15.5 Å². The number of ether oxygens (including phenoxy) is 1.